The van der Waals surface area contributed by atoms with Crippen LogP contribution in [0.3, 0.4) is 0 Å². The van der Waals surface area contributed by atoms with Crippen LogP contribution < -0.4 is 0 Å². The van der Waals surface area contributed by atoms with Gasteiger partial charge in [-0.3, -0.25) is 14.4 Å². The first-order valence-electron chi connectivity index (χ1n) is 7.49. The maximum atomic E-state index is 11.4. The average Bonchev–Trinajstić information content (AvgIpc) is 2.61. The lowest BCUT2D eigenvalue weighted by Gasteiger charge is -2.12. The molecule has 0 saturated heterocycles. The smallest absolute Gasteiger partial charge is 0.292 e. The van der Waals surface area contributed by atoms with Crippen LogP contribution in [0.15, 0.2) is 45.6 Å². The van der Waals surface area contributed by atoms with Crippen molar-refractivity contribution in [2.45, 2.75) is 19.8 Å². The summed E-state index contributed by atoms with van der Waals surface area (Å²) in [5.74, 6) is -0.164. The van der Waals surface area contributed by atoms with Crippen molar-refractivity contribution in [1.29, 1.82) is 0 Å². The highest BCUT2D eigenvalue weighted by atomic mass is 79.9. The SMILES string of the molecule is CCCC(=O)c1cccc(Br)n1.CON(C)C(=O)c1cccc(Br)n1. The van der Waals surface area contributed by atoms with E-state index in [-0.39, 0.29) is 11.7 Å². The Morgan fingerprint density at radius 3 is 2.04 bits per heavy atom. The Balaban J connectivity index is 0.000000251. The van der Waals surface area contributed by atoms with Crippen LogP contribution in [-0.4, -0.2) is 40.9 Å². The van der Waals surface area contributed by atoms with E-state index in [0.717, 1.165) is 11.5 Å². The first-order chi connectivity index (χ1) is 11.9. The molecule has 134 valence electrons. The third kappa shape index (κ3) is 7.41. The van der Waals surface area contributed by atoms with Crippen molar-refractivity contribution in [3.63, 3.8) is 0 Å². The summed E-state index contributed by atoms with van der Waals surface area (Å²) in [5.41, 5.74) is 0.893. The lowest BCUT2D eigenvalue weighted by Crippen LogP contribution is -2.26. The van der Waals surface area contributed by atoms with E-state index in [4.69, 9.17) is 4.84 Å². The highest BCUT2D eigenvalue weighted by Gasteiger charge is 2.12. The molecule has 0 spiro atoms. The number of carbonyl (C=O) groups excluding carboxylic acids is 2. The summed E-state index contributed by atoms with van der Waals surface area (Å²) in [6.07, 6.45) is 1.44. The lowest BCUT2D eigenvalue weighted by molar-refractivity contribution is -0.0760. The summed E-state index contributed by atoms with van der Waals surface area (Å²) in [6.45, 7) is 1.98. The van der Waals surface area contributed by atoms with Gasteiger partial charge in [0.1, 0.15) is 20.6 Å². The Morgan fingerprint density at radius 2 is 1.56 bits per heavy atom. The molecule has 1 amide bonds. The largest absolute Gasteiger partial charge is 0.295 e. The normalized spacial score (nSPS) is 9.80. The van der Waals surface area contributed by atoms with E-state index in [0.29, 0.717) is 27.0 Å². The molecule has 2 aromatic heterocycles. The predicted molar refractivity (Wildman–Crippen MR) is 102 cm³/mol. The van der Waals surface area contributed by atoms with Crippen molar-refractivity contribution < 1.29 is 14.4 Å². The summed E-state index contributed by atoms with van der Waals surface area (Å²) < 4.78 is 1.34. The lowest BCUT2D eigenvalue weighted by atomic mass is 10.2. The van der Waals surface area contributed by atoms with Crippen LogP contribution in [0.1, 0.15) is 40.7 Å². The average molecular weight is 473 g/mol. The van der Waals surface area contributed by atoms with Gasteiger partial charge in [0.25, 0.3) is 5.91 Å². The Morgan fingerprint density at radius 1 is 1.04 bits per heavy atom. The number of Topliss-reactive ketones (excluding diaryl/α,β-unsaturated/α-hetero) is 1. The molecule has 6 nitrogen and oxygen atoms in total. The fraction of sp³-hybridized carbons (Fsp3) is 0.294. The molecule has 25 heavy (non-hydrogen) atoms. The van der Waals surface area contributed by atoms with Gasteiger partial charge in [-0.15, -0.1) is 0 Å². The number of rotatable bonds is 5. The molecule has 0 aliphatic carbocycles. The number of halogens is 2. The number of hydroxylamine groups is 2. The number of ketones is 1. The Labute approximate surface area is 163 Å². The van der Waals surface area contributed by atoms with Gasteiger partial charge in [-0.05, 0) is 62.5 Å². The monoisotopic (exact) mass is 471 g/mol. The predicted octanol–water partition coefficient (Wildman–Crippen LogP) is 4.30. The minimum Gasteiger partial charge on any atom is -0.292 e. The minimum atomic E-state index is -0.274. The van der Waals surface area contributed by atoms with Crippen molar-refractivity contribution in [1.82, 2.24) is 15.0 Å². The second kappa shape index (κ2) is 11.1. The molecule has 0 saturated carbocycles. The summed E-state index contributed by atoms with van der Waals surface area (Å²) in [5, 5.41) is 1.12. The fourth-order valence-electron chi connectivity index (χ4n) is 1.69. The molecular weight excluding hydrogens is 454 g/mol. The number of hydrogen-bond donors (Lipinski definition) is 0. The van der Waals surface area contributed by atoms with Gasteiger partial charge in [0.15, 0.2) is 5.78 Å². The molecule has 0 aromatic carbocycles. The summed E-state index contributed by atoms with van der Waals surface area (Å²) >= 11 is 6.40. The second-order valence-corrected chi connectivity index (χ2v) is 6.47. The number of aromatic nitrogens is 2. The molecule has 2 heterocycles. The van der Waals surface area contributed by atoms with Crippen LogP contribution >= 0.6 is 31.9 Å². The van der Waals surface area contributed by atoms with Crippen LogP contribution in [0.2, 0.25) is 0 Å². The van der Waals surface area contributed by atoms with Gasteiger partial charge in [-0.1, -0.05) is 19.1 Å². The van der Waals surface area contributed by atoms with Gasteiger partial charge in [-0.25, -0.2) is 15.0 Å². The van der Waals surface area contributed by atoms with Crippen molar-refractivity contribution in [3.8, 4) is 0 Å². The first kappa shape index (κ1) is 21.4. The van der Waals surface area contributed by atoms with Crippen LogP contribution in [-0.2, 0) is 4.84 Å². The topological polar surface area (TPSA) is 72.4 Å². The van der Waals surface area contributed by atoms with Crippen molar-refractivity contribution >= 4 is 43.6 Å². The molecule has 0 aliphatic heterocycles. The molecule has 2 rings (SSSR count). The number of hydrogen-bond acceptors (Lipinski definition) is 5. The number of nitrogens with zero attached hydrogens (tertiary/aromatic N) is 3. The molecule has 0 radical (unpaired) electrons. The van der Waals surface area contributed by atoms with Crippen LogP contribution in [0.5, 0.6) is 0 Å². The maximum absolute atomic E-state index is 11.4. The number of amides is 1. The maximum Gasteiger partial charge on any atom is 0.295 e. The Kier molecular flexibility index (Phi) is 9.48. The molecular formula is C17H19Br2N3O3. The van der Waals surface area contributed by atoms with Gasteiger partial charge in [0, 0.05) is 13.5 Å². The van der Waals surface area contributed by atoms with E-state index in [1.807, 2.05) is 19.1 Å². The van der Waals surface area contributed by atoms with E-state index >= 15 is 0 Å². The molecule has 0 bridgehead atoms. The number of carbonyl (C=O) groups is 2. The van der Waals surface area contributed by atoms with Gasteiger partial charge < -0.3 is 0 Å². The van der Waals surface area contributed by atoms with Crippen molar-refractivity contribution in [2.24, 2.45) is 0 Å². The van der Waals surface area contributed by atoms with Crippen molar-refractivity contribution in [3.05, 3.63) is 57.0 Å². The quantitative estimate of drug-likeness (QED) is 0.368. The van der Waals surface area contributed by atoms with Gasteiger partial charge in [0.05, 0.1) is 7.11 Å². The summed E-state index contributed by atoms with van der Waals surface area (Å²) in [6, 6.07) is 10.5. The zero-order valence-corrected chi connectivity index (χ0v) is 17.4. The third-order valence-electron chi connectivity index (χ3n) is 2.97. The van der Waals surface area contributed by atoms with E-state index in [9.17, 15) is 9.59 Å². The molecule has 2 aromatic rings. The van der Waals surface area contributed by atoms with E-state index in [1.165, 1.54) is 14.2 Å². The highest BCUT2D eigenvalue weighted by molar-refractivity contribution is 9.10. The Bertz CT molecular complexity index is 726. The second-order valence-electron chi connectivity index (χ2n) is 4.85. The summed E-state index contributed by atoms with van der Waals surface area (Å²) in [4.78, 5) is 35.5. The molecule has 0 unspecified atom stereocenters. The summed E-state index contributed by atoms with van der Waals surface area (Å²) in [7, 11) is 2.96. The standard InChI is InChI=1S/C9H10BrNO.C8H9BrN2O2/c1-2-4-8(12)7-5-3-6-9(10)11-7;1-11(13-2)8(12)6-4-3-5-7(9)10-6/h3,5-6H,2,4H2,1H3;3-5H,1-2H3. The number of pyridine rings is 2. The van der Waals surface area contributed by atoms with Crippen molar-refractivity contribution in [2.75, 3.05) is 14.2 Å². The van der Waals surface area contributed by atoms with Gasteiger partial charge in [-0.2, -0.15) is 0 Å². The third-order valence-corrected chi connectivity index (χ3v) is 3.86. The van der Waals surface area contributed by atoms with E-state index in [2.05, 4.69) is 41.8 Å². The van der Waals surface area contributed by atoms with Crippen LogP contribution in [0, 0.1) is 0 Å². The fourth-order valence-corrected chi connectivity index (χ4v) is 2.38. The van der Waals surface area contributed by atoms with Gasteiger partial charge in [0.2, 0.25) is 0 Å². The van der Waals surface area contributed by atoms with Gasteiger partial charge >= 0.3 is 0 Å². The highest BCUT2D eigenvalue weighted by Crippen LogP contribution is 2.09. The first-order valence-corrected chi connectivity index (χ1v) is 9.08. The molecule has 0 aliphatic rings. The van der Waals surface area contributed by atoms with Crippen LogP contribution in [0.25, 0.3) is 0 Å². The zero-order chi connectivity index (χ0) is 18.8. The molecule has 0 fully saturated rings. The molecule has 0 atom stereocenters. The molecule has 8 heteroatoms. The molecule has 0 N–H and O–H groups in total. The zero-order valence-electron chi connectivity index (χ0n) is 14.2. The van der Waals surface area contributed by atoms with E-state index < -0.39 is 0 Å². The van der Waals surface area contributed by atoms with Crippen LogP contribution in [0.4, 0.5) is 0 Å². The Hall–Kier alpha value is -1.64. The van der Waals surface area contributed by atoms with E-state index in [1.54, 1.807) is 24.3 Å². The minimum absolute atomic E-state index is 0.110.